The number of aromatic carboxylic acids is 1. The van der Waals surface area contributed by atoms with E-state index in [1.165, 1.54) is 6.26 Å². The van der Waals surface area contributed by atoms with Crippen LogP contribution in [0.4, 0.5) is 0 Å². The largest absolute Gasteiger partial charge is 0.485 e. The topological polar surface area (TPSA) is 77.5 Å². The minimum Gasteiger partial charge on any atom is -0.485 e. The Kier molecular flexibility index (Phi) is 2.63. The highest BCUT2D eigenvalue weighted by Gasteiger charge is 2.14. The third-order valence-electron chi connectivity index (χ3n) is 2.02. The molecule has 0 saturated carbocycles. The minimum absolute atomic E-state index is 0.0936. The molecular formula is C10H10N2O4. The summed E-state index contributed by atoms with van der Waals surface area (Å²) in [6.45, 7) is 0.143. The van der Waals surface area contributed by atoms with Crippen LogP contribution in [-0.4, -0.2) is 20.9 Å². The SMILES string of the molecule is Cn1cc(OCc2ccoc2C(=O)O)cn1. The third-order valence-corrected chi connectivity index (χ3v) is 2.02. The van der Waals surface area contributed by atoms with Crippen LogP contribution in [0.25, 0.3) is 0 Å². The zero-order valence-corrected chi connectivity index (χ0v) is 8.58. The molecule has 0 spiro atoms. The van der Waals surface area contributed by atoms with Gasteiger partial charge in [-0.1, -0.05) is 0 Å². The van der Waals surface area contributed by atoms with E-state index in [2.05, 4.69) is 5.10 Å². The quantitative estimate of drug-likeness (QED) is 0.843. The molecule has 2 heterocycles. The monoisotopic (exact) mass is 222 g/mol. The maximum Gasteiger partial charge on any atom is 0.372 e. The molecule has 6 heteroatoms. The first-order valence-electron chi connectivity index (χ1n) is 4.58. The number of nitrogens with zero attached hydrogens (tertiary/aromatic N) is 2. The van der Waals surface area contributed by atoms with Crippen LogP contribution < -0.4 is 4.74 Å². The van der Waals surface area contributed by atoms with Crippen molar-refractivity contribution in [3.8, 4) is 5.75 Å². The summed E-state index contributed by atoms with van der Waals surface area (Å²) in [7, 11) is 1.77. The van der Waals surface area contributed by atoms with Gasteiger partial charge in [0.15, 0.2) is 5.75 Å². The summed E-state index contributed by atoms with van der Waals surface area (Å²) < 4.78 is 11.8. The second-order valence-corrected chi connectivity index (χ2v) is 3.22. The Morgan fingerprint density at radius 2 is 2.50 bits per heavy atom. The Morgan fingerprint density at radius 1 is 1.69 bits per heavy atom. The molecule has 6 nitrogen and oxygen atoms in total. The predicted octanol–water partition coefficient (Wildman–Crippen LogP) is 1.29. The molecule has 0 bridgehead atoms. The first kappa shape index (κ1) is 10.3. The zero-order chi connectivity index (χ0) is 11.5. The average molecular weight is 222 g/mol. The van der Waals surface area contributed by atoms with E-state index in [9.17, 15) is 4.79 Å². The number of hydrogen-bond acceptors (Lipinski definition) is 4. The van der Waals surface area contributed by atoms with Gasteiger partial charge in [-0.15, -0.1) is 0 Å². The number of carboxylic acid groups (broad SMARTS) is 1. The van der Waals surface area contributed by atoms with Gasteiger partial charge in [0.05, 0.1) is 18.7 Å². The van der Waals surface area contributed by atoms with Crippen LogP contribution in [0.5, 0.6) is 5.75 Å². The number of aromatic nitrogens is 2. The van der Waals surface area contributed by atoms with Crippen LogP contribution in [0.1, 0.15) is 16.1 Å². The Labute approximate surface area is 91.1 Å². The lowest BCUT2D eigenvalue weighted by molar-refractivity contribution is 0.0658. The first-order valence-corrected chi connectivity index (χ1v) is 4.58. The fraction of sp³-hybridized carbons (Fsp3) is 0.200. The molecule has 1 N–H and O–H groups in total. The lowest BCUT2D eigenvalue weighted by Gasteiger charge is -2.01. The zero-order valence-electron chi connectivity index (χ0n) is 8.58. The summed E-state index contributed by atoms with van der Waals surface area (Å²) in [5, 5.41) is 12.7. The summed E-state index contributed by atoms with van der Waals surface area (Å²) in [6.07, 6.45) is 4.58. The van der Waals surface area contributed by atoms with Crippen LogP contribution in [0.3, 0.4) is 0 Å². The Balaban J connectivity index is 2.04. The van der Waals surface area contributed by atoms with E-state index in [-0.39, 0.29) is 12.4 Å². The summed E-state index contributed by atoms with van der Waals surface area (Å²) in [5.41, 5.74) is 0.497. The van der Waals surface area contributed by atoms with Crippen LogP contribution >= 0.6 is 0 Å². The molecule has 0 aliphatic carbocycles. The van der Waals surface area contributed by atoms with Gasteiger partial charge in [0.1, 0.15) is 6.61 Å². The Morgan fingerprint density at radius 3 is 3.12 bits per heavy atom. The van der Waals surface area contributed by atoms with E-state index in [0.29, 0.717) is 11.3 Å². The molecule has 2 aromatic heterocycles. The highest BCUT2D eigenvalue weighted by molar-refractivity contribution is 5.85. The lowest BCUT2D eigenvalue weighted by atomic mass is 10.2. The molecule has 0 fully saturated rings. The molecular weight excluding hydrogens is 212 g/mol. The maximum absolute atomic E-state index is 10.7. The highest BCUT2D eigenvalue weighted by Crippen LogP contribution is 2.15. The van der Waals surface area contributed by atoms with E-state index in [1.54, 1.807) is 30.2 Å². The molecule has 2 rings (SSSR count). The van der Waals surface area contributed by atoms with E-state index in [1.807, 2.05) is 0 Å². The van der Waals surface area contributed by atoms with Crippen molar-refractivity contribution in [1.82, 2.24) is 9.78 Å². The fourth-order valence-corrected chi connectivity index (χ4v) is 1.27. The van der Waals surface area contributed by atoms with Crippen molar-refractivity contribution in [2.75, 3.05) is 0 Å². The molecule has 2 aromatic rings. The van der Waals surface area contributed by atoms with Crippen molar-refractivity contribution < 1.29 is 19.1 Å². The van der Waals surface area contributed by atoms with Gasteiger partial charge in [-0.2, -0.15) is 5.10 Å². The Bertz CT molecular complexity index is 500. The van der Waals surface area contributed by atoms with Gasteiger partial charge in [-0.05, 0) is 6.07 Å². The standard InChI is InChI=1S/C10H10N2O4/c1-12-5-8(4-11-12)16-6-7-2-3-15-9(7)10(13)14/h2-5H,6H2,1H3,(H,13,14). The number of carbonyl (C=O) groups is 1. The molecule has 0 saturated heterocycles. The second-order valence-electron chi connectivity index (χ2n) is 3.22. The molecule has 0 aliphatic heterocycles. The molecule has 0 unspecified atom stereocenters. The number of aryl methyl sites for hydroxylation is 1. The fourth-order valence-electron chi connectivity index (χ4n) is 1.27. The number of carboxylic acids is 1. The molecule has 16 heavy (non-hydrogen) atoms. The van der Waals surface area contributed by atoms with Gasteiger partial charge in [-0.25, -0.2) is 4.79 Å². The molecule has 0 aromatic carbocycles. The summed E-state index contributed by atoms with van der Waals surface area (Å²) in [5.74, 6) is -0.612. The average Bonchev–Trinajstić information content (AvgIpc) is 2.83. The van der Waals surface area contributed by atoms with Crippen molar-refractivity contribution in [3.63, 3.8) is 0 Å². The van der Waals surface area contributed by atoms with Crippen molar-refractivity contribution in [2.45, 2.75) is 6.61 Å². The summed E-state index contributed by atoms with van der Waals surface area (Å²) in [6, 6.07) is 1.57. The van der Waals surface area contributed by atoms with Crippen LogP contribution in [0, 0.1) is 0 Å². The summed E-state index contributed by atoms with van der Waals surface area (Å²) in [4.78, 5) is 10.7. The van der Waals surface area contributed by atoms with Crippen molar-refractivity contribution in [1.29, 1.82) is 0 Å². The van der Waals surface area contributed by atoms with Crippen molar-refractivity contribution in [3.05, 3.63) is 36.0 Å². The number of furan rings is 1. The minimum atomic E-state index is -1.10. The molecule has 0 atom stereocenters. The van der Waals surface area contributed by atoms with Gasteiger partial charge in [0.2, 0.25) is 5.76 Å². The Hall–Kier alpha value is -2.24. The number of ether oxygens (including phenoxy) is 1. The van der Waals surface area contributed by atoms with Gasteiger partial charge in [0, 0.05) is 12.6 Å². The normalized spacial score (nSPS) is 10.3. The van der Waals surface area contributed by atoms with E-state index < -0.39 is 5.97 Å². The van der Waals surface area contributed by atoms with E-state index >= 15 is 0 Å². The maximum atomic E-state index is 10.7. The van der Waals surface area contributed by atoms with Crippen LogP contribution in [0.15, 0.2) is 29.1 Å². The van der Waals surface area contributed by atoms with Gasteiger partial charge >= 0.3 is 5.97 Å². The second kappa shape index (κ2) is 4.09. The smallest absolute Gasteiger partial charge is 0.372 e. The van der Waals surface area contributed by atoms with Crippen molar-refractivity contribution >= 4 is 5.97 Å². The van der Waals surface area contributed by atoms with Crippen LogP contribution in [0.2, 0.25) is 0 Å². The third kappa shape index (κ3) is 2.05. The predicted molar refractivity (Wildman–Crippen MR) is 53.2 cm³/mol. The molecule has 0 amide bonds. The summed E-state index contributed by atoms with van der Waals surface area (Å²) >= 11 is 0. The molecule has 0 aliphatic rings. The number of rotatable bonds is 4. The first-order chi connectivity index (χ1) is 7.66. The van der Waals surface area contributed by atoms with Crippen LogP contribution in [-0.2, 0) is 13.7 Å². The number of hydrogen-bond donors (Lipinski definition) is 1. The van der Waals surface area contributed by atoms with Crippen molar-refractivity contribution in [2.24, 2.45) is 7.05 Å². The van der Waals surface area contributed by atoms with E-state index in [0.717, 1.165) is 0 Å². The highest BCUT2D eigenvalue weighted by atomic mass is 16.5. The van der Waals surface area contributed by atoms with Gasteiger partial charge < -0.3 is 14.3 Å². The molecule has 84 valence electrons. The lowest BCUT2D eigenvalue weighted by Crippen LogP contribution is -2.02. The van der Waals surface area contributed by atoms with E-state index in [4.69, 9.17) is 14.3 Å². The van der Waals surface area contributed by atoms with Gasteiger partial charge in [0.25, 0.3) is 0 Å². The van der Waals surface area contributed by atoms with Gasteiger partial charge in [-0.3, -0.25) is 4.68 Å². The molecule has 0 radical (unpaired) electrons.